The van der Waals surface area contributed by atoms with Gasteiger partial charge < -0.3 is 10.2 Å². The molecule has 0 aliphatic carbocycles. The molecule has 0 aromatic heterocycles. The molecule has 2 saturated heterocycles. The van der Waals surface area contributed by atoms with Crippen molar-refractivity contribution in [3.05, 3.63) is 28.7 Å². The van der Waals surface area contributed by atoms with Gasteiger partial charge in [0.25, 0.3) is 0 Å². The number of sulfonamides is 1. The van der Waals surface area contributed by atoms with Crippen molar-refractivity contribution in [1.29, 1.82) is 0 Å². The third-order valence-corrected chi connectivity index (χ3v) is 6.57. The summed E-state index contributed by atoms with van der Waals surface area (Å²) < 4.78 is 27.4. The molecule has 6 nitrogen and oxygen atoms in total. The first kappa shape index (κ1) is 18.7. The second-order valence-corrected chi connectivity index (χ2v) is 8.39. The van der Waals surface area contributed by atoms with Crippen LogP contribution in [0.25, 0.3) is 0 Å². The quantitative estimate of drug-likeness (QED) is 0.783. The van der Waals surface area contributed by atoms with Gasteiger partial charge in [0.05, 0.1) is 10.8 Å². The number of hydrogen-bond donors (Lipinski definition) is 1. The molecular weight excluding hydrogens is 406 g/mol. The highest BCUT2D eigenvalue weighted by molar-refractivity contribution is 9.10. The van der Waals surface area contributed by atoms with Gasteiger partial charge in [0.15, 0.2) is 0 Å². The number of benzene rings is 1. The average Bonchev–Trinajstić information content (AvgIpc) is 2.46. The topological polar surface area (TPSA) is 69.7 Å². The molecule has 23 heavy (non-hydrogen) atoms. The van der Waals surface area contributed by atoms with Crippen LogP contribution in [0.3, 0.4) is 0 Å². The van der Waals surface area contributed by atoms with E-state index in [9.17, 15) is 13.2 Å². The van der Waals surface area contributed by atoms with Crippen LogP contribution < -0.4 is 5.32 Å². The fourth-order valence-electron chi connectivity index (χ4n) is 2.63. The standard InChI is InChI=1S/C14H18BrN3O3S.ClH/c15-12-1-3-13(4-2-12)22(20,21)18-7-5-17(6-8-18)14(19)11-9-16-10-11;/h1-4,11,16H,5-10H2;1H. The van der Waals surface area contributed by atoms with E-state index in [1.54, 1.807) is 29.2 Å². The van der Waals surface area contributed by atoms with Crippen LogP contribution in [-0.4, -0.2) is 62.8 Å². The minimum atomic E-state index is -3.48. The molecular formula is C14H19BrClN3O3S. The Hall–Kier alpha value is -0.670. The molecule has 1 aromatic carbocycles. The van der Waals surface area contributed by atoms with Crippen LogP contribution >= 0.6 is 28.3 Å². The molecule has 2 aliphatic heterocycles. The van der Waals surface area contributed by atoms with E-state index >= 15 is 0 Å². The van der Waals surface area contributed by atoms with Gasteiger partial charge in [-0.15, -0.1) is 12.4 Å². The Labute approximate surface area is 150 Å². The monoisotopic (exact) mass is 423 g/mol. The number of carbonyl (C=O) groups is 1. The lowest BCUT2D eigenvalue weighted by Gasteiger charge is -2.37. The first-order chi connectivity index (χ1) is 10.5. The Morgan fingerprint density at radius 3 is 2.13 bits per heavy atom. The van der Waals surface area contributed by atoms with Crippen molar-refractivity contribution in [2.24, 2.45) is 5.92 Å². The van der Waals surface area contributed by atoms with Gasteiger partial charge in [-0.05, 0) is 24.3 Å². The molecule has 9 heteroatoms. The predicted octanol–water partition coefficient (Wildman–Crippen LogP) is 0.923. The van der Waals surface area contributed by atoms with Crippen molar-refractivity contribution in [2.75, 3.05) is 39.3 Å². The van der Waals surface area contributed by atoms with Gasteiger partial charge in [0.1, 0.15) is 0 Å². The number of amides is 1. The van der Waals surface area contributed by atoms with Crippen LogP contribution in [0.1, 0.15) is 0 Å². The molecule has 128 valence electrons. The third kappa shape index (κ3) is 3.88. The first-order valence-corrected chi connectivity index (χ1v) is 9.47. The summed E-state index contributed by atoms with van der Waals surface area (Å²) in [5.74, 6) is 0.203. The number of carbonyl (C=O) groups excluding carboxylic acids is 1. The molecule has 0 spiro atoms. The van der Waals surface area contributed by atoms with Crippen LogP contribution in [-0.2, 0) is 14.8 Å². The lowest BCUT2D eigenvalue weighted by atomic mass is 10.0. The second-order valence-electron chi connectivity index (χ2n) is 5.54. The number of nitrogens with one attached hydrogen (secondary N) is 1. The maximum Gasteiger partial charge on any atom is 0.243 e. The van der Waals surface area contributed by atoms with E-state index < -0.39 is 10.0 Å². The molecule has 0 radical (unpaired) electrons. The summed E-state index contributed by atoms with van der Waals surface area (Å²) in [6.45, 7) is 3.09. The molecule has 0 unspecified atom stereocenters. The second kappa shape index (κ2) is 7.48. The van der Waals surface area contributed by atoms with Gasteiger partial charge in [-0.1, -0.05) is 15.9 Å². The molecule has 1 N–H and O–H groups in total. The zero-order valence-electron chi connectivity index (χ0n) is 12.4. The summed E-state index contributed by atoms with van der Waals surface area (Å²) in [6.07, 6.45) is 0. The molecule has 2 aliphatic rings. The SMILES string of the molecule is Cl.O=C(C1CNC1)N1CCN(S(=O)(=O)c2ccc(Br)cc2)CC1. The number of hydrogen-bond acceptors (Lipinski definition) is 4. The summed E-state index contributed by atoms with van der Waals surface area (Å²) in [5, 5.41) is 3.08. The molecule has 3 rings (SSSR count). The van der Waals surface area contributed by atoms with Crippen LogP contribution in [0.15, 0.2) is 33.6 Å². The Bertz CT molecular complexity index is 656. The summed E-state index contributed by atoms with van der Waals surface area (Å²) in [6, 6.07) is 6.63. The normalized spacial score (nSPS) is 19.8. The maximum atomic E-state index is 12.6. The summed E-state index contributed by atoms with van der Waals surface area (Å²) in [7, 11) is -3.48. The zero-order valence-corrected chi connectivity index (χ0v) is 15.7. The maximum absolute atomic E-state index is 12.6. The lowest BCUT2D eigenvalue weighted by Crippen LogP contribution is -2.57. The lowest BCUT2D eigenvalue weighted by molar-refractivity contribution is -0.138. The van der Waals surface area contributed by atoms with Crippen LogP contribution in [0.5, 0.6) is 0 Å². The van der Waals surface area contributed by atoms with Crippen molar-refractivity contribution in [1.82, 2.24) is 14.5 Å². The van der Waals surface area contributed by atoms with Crippen molar-refractivity contribution in [3.63, 3.8) is 0 Å². The van der Waals surface area contributed by atoms with Crippen LogP contribution in [0.4, 0.5) is 0 Å². The largest absolute Gasteiger partial charge is 0.340 e. The molecule has 0 atom stereocenters. The van der Waals surface area contributed by atoms with E-state index in [0.29, 0.717) is 31.1 Å². The minimum Gasteiger partial charge on any atom is -0.340 e. The third-order valence-electron chi connectivity index (χ3n) is 4.13. The van der Waals surface area contributed by atoms with Crippen LogP contribution in [0, 0.1) is 5.92 Å². The summed E-state index contributed by atoms with van der Waals surface area (Å²) >= 11 is 3.30. The predicted molar refractivity (Wildman–Crippen MR) is 93.1 cm³/mol. The van der Waals surface area contributed by atoms with Gasteiger partial charge >= 0.3 is 0 Å². The van der Waals surface area contributed by atoms with Crippen LogP contribution in [0.2, 0.25) is 0 Å². The van der Waals surface area contributed by atoms with E-state index in [2.05, 4.69) is 21.2 Å². The van der Waals surface area contributed by atoms with Crippen molar-refractivity contribution in [2.45, 2.75) is 4.90 Å². The summed E-state index contributed by atoms with van der Waals surface area (Å²) in [5.41, 5.74) is 0. The average molecular weight is 425 g/mol. The zero-order chi connectivity index (χ0) is 15.7. The Morgan fingerprint density at radius 2 is 1.65 bits per heavy atom. The molecule has 2 fully saturated rings. The van der Waals surface area contributed by atoms with Gasteiger partial charge in [0, 0.05) is 43.7 Å². The van der Waals surface area contributed by atoms with Crippen molar-refractivity contribution < 1.29 is 13.2 Å². The van der Waals surface area contributed by atoms with Gasteiger partial charge in [-0.2, -0.15) is 4.31 Å². The minimum absolute atomic E-state index is 0. The summed E-state index contributed by atoms with van der Waals surface area (Å²) in [4.78, 5) is 14.2. The fraction of sp³-hybridized carbons (Fsp3) is 0.500. The smallest absolute Gasteiger partial charge is 0.243 e. The first-order valence-electron chi connectivity index (χ1n) is 7.24. The van der Waals surface area contributed by atoms with E-state index in [1.807, 2.05) is 0 Å². The Morgan fingerprint density at radius 1 is 1.09 bits per heavy atom. The Kier molecular flexibility index (Phi) is 6.07. The van der Waals surface area contributed by atoms with Crippen molar-refractivity contribution >= 4 is 44.3 Å². The highest BCUT2D eigenvalue weighted by Gasteiger charge is 2.34. The van der Waals surface area contributed by atoms with E-state index in [0.717, 1.165) is 17.6 Å². The number of rotatable bonds is 3. The molecule has 0 bridgehead atoms. The molecule has 1 aromatic rings. The number of piperazine rings is 1. The fourth-order valence-corrected chi connectivity index (χ4v) is 4.31. The van der Waals surface area contributed by atoms with Crippen molar-refractivity contribution in [3.8, 4) is 0 Å². The molecule has 2 heterocycles. The molecule has 1 amide bonds. The van der Waals surface area contributed by atoms with E-state index in [1.165, 1.54) is 4.31 Å². The molecule has 0 saturated carbocycles. The number of halogens is 2. The highest BCUT2D eigenvalue weighted by atomic mass is 79.9. The highest BCUT2D eigenvalue weighted by Crippen LogP contribution is 2.20. The Balaban J connectivity index is 0.00000192. The van der Waals surface area contributed by atoms with E-state index in [-0.39, 0.29) is 24.2 Å². The number of nitrogens with zero attached hydrogens (tertiary/aromatic N) is 2. The van der Waals surface area contributed by atoms with E-state index in [4.69, 9.17) is 0 Å². The van der Waals surface area contributed by atoms with Gasteiger partial charge in [0.2, 0.25) is 15.9 Å². The van der Waals surface area contributed by atoms with Gasteiger partial charge in [-0.3, -0.25) is 4.79 Å². The van der Waals surface area contributed by atoms with Gasteiger partial charge in [-0.25, -0.2) is 8.42 Å².